The van der Waals surface area contributed by atoms with Crippen LogP contribution in [0.2, 0.25) is 0 Å². The second kappa shape index (κ2) is 9.11. The van der Waals surface area contributed by atoms with Gasteiger partial charge in [-0.1, -0.05) is 6.07 Å². The molecule has 0 atom stereocenters. The van der Waals surface area contributed by atoms with E-state index in [2.05, 4.69) is 54.0 Å². The highest BCUT2D eigenvalue weighted by atomic mass is 32.1. The van der Waals surface area contributed by atoms with Crippen molar-refractivity contribution in [2.45, 2.75) is 19.3 Å². The normalized spacial score (nSPS) is 11.3. The number of nitrogens with one attached hydrogen (secondary N) is 2. The lowest BCUT2D eigenvalue weighted by molar-refractivity contribution is -0.192. The monoisotopic (exact) mass is 441 g/mol. The van der Waals surface area contributed by atoms with Crippen molar-refractivity contribution >= 4 is 39.7 Å². The first-order valence-electron chi connectivity index (χ1n) is 8.10. The van der Waals surface area contributed by atoms with Crippen molar-refractivity contribution in [3.05, 3.63) is 51.7 Å². The zero-order valence-electron chi connectivity index (χ0n) is 14.6. The zero-order chi connectivity index (χ0) is 20.9. The number of thiazole rings is 1. The molecule has 7 nitrogen and oxygen atoms in total. The number of carboxylic acid groups (broad SMARTS) is 1. The molecule has 0 saturated carbocycles. The number of hydrogen-bond acceptors (Lipinski definition) is 7. The maximum Gasteiger partial charge on any atom is 0.490 e. The summed E-state index contributed by atoms with van der Waals surface area (Å²) in [5.41, 5.74) is 5.26. The Morgan fingerprint density at radius 2 is 1.90 bits per heavy atom. The third-order valence-corrected chi connectivity index (χ3v) is 5.20. The zero-order valence-corrected chi connectivity index (χ0v) is 16.2. The first-order chi connectivity index (χ1) is 13.8. The summed E-state index contributed by atoms with van der Waals surface area (Å²) in [6.07, 6.45) is -5.08. The molecule has 0 aliphatic carbocycles. The lowest BCUT2D eigenvalue weighted by Crippen LogP contribution is -2.21. The van der Waals surface area contributed by atoms with Crippen LogP contribution >= 0.6 is 22.7 Å². The number of halogens is 3. The maximum absolute atomic E-state index is 10.6. The highest BCUT2D eigenvalue weighted by molar-refractivity contribution is 7.14. The van der Waals surface area contributed by atoms with E-state index in [1.807, 2.05) is 12.1 Å². The van der Waals surface area contributed by atoms with Gasteiger partial charge in [-0.05, 0) is 29.1 Å². The Balaban J connectivity index is 0.000000298. The Hall–Kier alpha value is -2.83. The van der Waals surface area contributed by atoms with E-state index in [1.54, 1.807) is 22.7 Å². The van der Waals surface area contributed by atoms with Gasteiger partial charge in [0.25, 0.3) is 0 Å². The molecule has 12 heteroatoms. The number of benzene rings is 1. The highest BCUT2D eigenvalue weighted by Crippen LogP contribution is 2.25. The molecule has 1 aromatic carbocycles. The molecule has 0 bridgehead atoms. The minimum absolute atomic E-state index is 0.761. The number of alkyl halides is 3. The van der Waals surface area contributed by atoms with Gasteiger partial charge in [-0.3, -0.25) is 0 Å². The van der Waals surface area contributed by atoms with Crippen molar-refractivity contribution in [2.75, 3.05) is 0 Å². The summed E-state index contributed by atoms with van der Waals surface area (Å²) >= 11 is 3.39. The summed E-state index contributed by atoms with van der Waals surface area (Å²) in [7, 11) is 0. The molecule has 3 N–H and O–H groups in total. The van der Waals surface area contributed by atoms with Crippen LogP contribution in [0.4, 0.5) is 13.2 Å². The van der Waals surface area contributed by atoms with Gasteiger partial charge in [0.15, 0.2) is 0 Å². The van der Waals surface area contributed by atoms with Gasteiger partial charge >= 0.3 is 12.1 Å². The summed E-state index contributed by atoms with van der Waals surface area (Å²) in [5.74, 6) is -2.76. The number of aromatic amines is 1. The standard InChI is InChI=1S/C15H13N5S2.C2HF3O2/c1-2-13-14(19-20-18-13)5-10(1)6-16-7-12-9-22-15(17-12)11-3-4-21-8-11;3-2(4,5)1(6)7/h1-5,8-9,16H,6-7H2,(H,18,19,20);(H,6,7). The van der Waals surface area contributed by atoms with Crippen LogP contribution in [0, 0.1) is 0 Å². The maximum atomic E-state index is 10.6. The van der Waals surface area contributed by atoms with Gasteiger partial charge in [-0.2, -0.15) is 39.9 Å². The topological polar surface area (TPSA) is 104 Å². The van der Waals surface area contributed by atoms with Gasteiger partial charge in [0.05, 0.1) is 5.69 Å². The molecule has 4 rings (SSSR count). The van der Waals surface area contributed by atoms with E-state index in [-0.39, 0.29) is 0 Å². The van der Waals surface area contributed by atoms with Crippen LogP contribution in [-0.2, 0) is 17.9 Å². The van der Waals surface area contributed by atoms with Crippen molar-refractivity contribution in [1.82, 2.24) is 25.7 Å². The molecule has 0 amide bonds. The van der Waals surface area contributed by atoms with E-state index in [1.165, 1.54) is 11.1 Å². The fraction of sp³-hybridized carbons (Fsp3) is 0.176. The number of carbonyl (C=O) groups is 1. The number of aromatic nitrogens is 4. The third-order valence-electron chi connectivity index (χ3n) is 3.58. The number of hydrogen-bond donors (Lipinski definition) is 3. The number of fused-ring (bicyclic) bond motifs is 1. The Morgan fingerprint density at radius 1 is 1.14 bits per heavy atom. The van der Waals surface area contributed by atoms with Crippen molar-refractivity contribution in [3.63, 3.8) is 0 Å². The molecule has 0 unspecified atom stereocenters. The van der Waals surface area contributed by atoms with Crippen LogP contribution in [-0.4, -0.2) is 37.6 Å². The van der Waals surface area contributed by atoms with Gasteiger partial charge in [-0.15, -0.1) is 11.3 Å². The molecular weight excluding hydrogens is 427 g/mol. The van der Waals surface area contributed by atoms with Crippen LogP contribution in [0.3, 0.4) is 0 Å². The molecule has 29 heavy (non-hydrogen) atoms. The summed E-state index contributed by atoms with van der Waals surface area (Å²) in [6.45, 7) is 1.55. The van der Waals surface area contributed by atoms with Crippen LogP contribution in [0.1, 0.15) is 11.3 Å². The molecule has 0 saturated heterocycles. The van der Waals surface area contributed by atoms with Crippen LogP contribution < -0.4 is 5.32 Å². The van der Waals surface area contributed by atoms with Gasteiger partial charge in [0.2, 0.25) is 0 Å². The number of carboxylic acids is 1. The summed E-state index contributed by atoms with van der Waals surface area (Å²) in [6, 6.07) is 8.19. The highest BCUT2D eigenvalue weighted by Gasteiger charge is 2.38. The van der Waals surface area contributed by atoms with Crippen molar-refractivity contribution in [1.29, 1.82) is 0 Å². The quantitative estimate of drug-likeness (QED) is 0.431. The number of H-pyrrole nitrogens is 1. The van der Waals surface area contributed by atoms with Crippen LogP contribution in [0.25, 0.3) is 21.6 Å². The lowest BCUT2D eigenvalue weighted by Gasteiger charge is -2.02. The average Bonchev–Trinajstić information content (AvgIpc) is 3.42. The van der Waals surface area contributed by atoms with E-state index in [4.69, 9.17) is 9.90 Å². The van der Waals surface area contributed by atoms with Gasteiger partial charge < -0.3 is 10.4 Å². The first kappa shape index (κ1) is 20.9. The van der Waals surface area contributed by atoms with Crippen molar-refractivity contribution < 1.29 is 23.1 Å². The fourth-order valence-corrected chi connectivity index (χ4v) is 3.77. The van der Waals surface area contributed by atoms with Crippen LogP contribution in [0.5, 0.6) is 0 Å². The first-order valence-corrected chi connectivity index (χ1v) is 9.92. The molecule has 4 aromatic rings. The molecule has 152 valence electrons. The Morgan fingerprint density at radius 3 is 2.59 bits per heavy atom. The molecule has 0 fully saturated rings. The summed E-state index contributed by atoms with van der Waals surface area (Å²) < 4.78 is 31.7. The van der Waals surface area contributed by atoms with E-state index < -0.39 is 12.1 Å². The van der Waals surface area contributed by atoms with Crippen molar-refractivity contribution in [3.8, 4) is 10.6 Å². The summed E-state index contributed by atoms with van der Waals surface area (Å²) in [4.78, 5) is 13.6. The Bertz CT molecular complexity index is 1080. The molecule has 0 aliphatic heterocycles. The smallest absolute Gasteiger partial charge is 0.475 e. The van der Waals surface area contributed by atoms with Crippen LogP contribution in [0.15, 0.2) is 40.4 Å². The van der Waals surface area contributed by atoms with Crippen molar-refractivity contribution in [2.24, 2.45) is 0 Å². The second-order valence-electron chi connectivity index (χ2n) is 5.71. The predicted octanol–water partition coefficient (Wildman–Crippen LogP) is 4.07. The molecule has 3 heterocycles. The second-order valence-corrected chi connectivity index (χ2v) is 7.35. The number of aliphatic carboxylic acids is 1. The largest absolute Gasteiger partial charge is 0.490 e. The molecule has 0 spiro atoms. The number of thiophene rings is 1. The summed E-state index contributed by atoms with van der Waals surface area (Å²) in [5, 5.41) is 28.7. The van der Waals surface area contributed by atoms with E-state index in [0.717, 1.165) is 34.8 Å². The molecule has 0 aliphatic rings. The van der Waals surface area contributed by atoms with Gasteiger partial charge in [0.1, 0.15) is 16.0 Å². The average molecular weight is 441 g/mol. The number of nitrogens with zero attached hydrogens (tertiary/aromatic N) is 3. The predicted molar refractivity (Wildman–Crippen MR) is 104 cm³/mol. The SMILES string of the molecule is O=C(O)C(F)(F)F.c1cc(-c2nc(CNCc3ccc4n[nH]nc4c3)cs2)cs1. The van der Waals surface area contributed by atoms with E-state index >= 15 is 0 Å². The molecular formula is C17H14F3N5O2S2. The minimum Gasteiger partial charge on any atom is -0.475 e. The fourth-order valence-electron chi connectivity index (χ4n) is 2.24. The Labute approximate surface area is 170 Å². The van der Waals surface area contributed by atoms with E-state index in [0.29, 0.717) is 0 Å². The Kier molecular flexibility index (Phi) is 6.56. The number of rotatable bonds is 5. The lowest BCUT2D eigenvalue weighted by atomic mass is 10.2. The van der Waals surface area contributed by atoms with Gasteiger partial charge in [-0.25, -0.2) is 9.78 Å². The van der Waals surface area contributed by atoms with Gasteiger partial charge in [0, 0.05) is 29.4 Å². The molecule has 3 aromatic heterocycles. The van der Waals surface area contributed by atoms with E-state index in [9.17, 15) is 13.2 Å². The minimum atomic E-state index is -5.08. The molecule has 0 radical (unpaired) electrons. The third kappa shape index (κ3) is 5.82.